The molecule has 1 aliphatic rings. The van der Waals surface area contributed by atoms with Crippen molar-refractivity contribution in [3.05, 3.63) is 40.4 Å². The maximum Gasteiger partial charge on any atom is 0.432 e. The van der Waals surface area contributed by atoms with Crippen LogP contribution >= 0.6 is 23.2 Å². The van der Waals surface area contributed by atoms with Crippen LogP contribution in [-0.4, -0.2) is 36.8 Å². The summed E-state index contributed by atoms with van der Waals surface area (Å²) in [5.74, 6) is -2.65. The predicted molar refractivity (Wildman–Crippen MR) is 107 cm³/mol. The molecule has 0 radical (unpaired) electrons. The van der Waals surface area contributed by atoms with Gasteiger partial charge in [-0.25, -0.2) is 4.79 Å². The van der Waals surface area contributed by atoms with Gasteiger partial charge in [-0.05, 0) is 36.5 Å². The molecule has 0 heterocycles. The number of carbonyl (C=O) groups is 2. The van der Waals surface area contributed by atoms with Crippen molar-refractivity contribution in [3.8, 4) is 0 Å². The minimum atomic E-state index is -5.29. The molecule has 3 atom stereocenters. The Morgan fingerprint density at radius 1 is 1.23 bits per heavy atom. The number of esters is 1. The van der Waals surface area contributed by atoms with E-state index in [0.29, 0.717) is 5.69 Å². The molecule has 0 aromatic heterocycles. The Morgan fingerprint density at radius 3 is 2.17 bits per heavy atom. The van der Waals surface area contributed by atoms with Gasteiger partial charge in [0.05, 0.1) is 13.0 Å². The third kappa shape index (κ3) is 4.18. The Kier molecular flexibility index (Phi) is 6.86. The number of hydrogen-bond donors (Lipinski definition) is 1. The quantitative estimate of drug-likeness (QED) is 0.623. The number of hydrogen-bond acceptors (Lipinski definition) is 4. The van der Waals surface area contributed by atoms with Gasteiger partial charge in [0.25, 0.3) is 5.60 Å². The fourth-order valence-electron chi connectivity index (χ4n) is 3.66. The second kappa shape index (κ2) is 8.40. The molecule has 0 spiro atoms. The number of anilines is 1. The Labute approximate surface area is 182 Å². The van der Waals surface area contributed by atoms with E-state index in [9.17, 15) is 27.9 Å². The van der Waals surface area contributed by atoms with Crippen LogP contribution in [-0.2, 0) is 19.9 Å². The number of nitrogens with zero attached hydrogens (tertiary/aromatic N) is 1. The zero-order chi connectivity index (χ0) is 23.1. The van der Waals surface area contributed by atoms with Crippen molar-refractivity contribution < 1.29 is 32.6 Å². The molecule has 166 valence electrons. The number of alkyl halides is 3. The van der Waals surface area contributed by atoms with Crippen LogP contribution in [0.25, 0.3) is 0 Å². The van der Waals surface area contributed by atoms with Crippen molar-refractivity contribution in [2.45, 2.75) is 32.5 Å². The third-order valence-electron chi connectivity index (χ3n) is 5.55. The van der Waals surface area contributed by atoms with Crippen LogP contribution in [0.4, 0.5) is 18.9 Å². The average Bonchev–Trinajstić information content (AvgIpc) is 3.19. The number of aliphatic hydroxyl groups is 1. The number of allylic oxidation sites excluding steroid dienone is 1. The van der Waals surface area contributed by atoms with Crippen LogP contribution in [0.5, 0.6) is 0 Å². The third-order valence-corrected chi connectivity index (χ3v) is 5.80. The van der Waals surface area contributed by atoms with Crippen LogP contribution in [0.3, 0.4) is 0 Å². The zero-order valence-corrected chi connectivity index (χ0v) is 18.3. The summed E-state index contributed by atoms with van der Waals surface area (Å²) in [7, 11) is 0.750. The molecule has 10 heteroatoms. The Morgan fingerprint density at radius 2 is 1.77 bits per heavy atom. The van der Waals surface area contributed by atoms with E-state index in [-0.39, 0.29) is 28.3 Å². The van der Waals surface area contributed by atoms with Gasteiger partial charge in [-0.15, -0.1) is 0 Å². The molecule has 1 aliphatic carbocycles. The molecule has 0 unspecified atom stereocenters. The summed E-state index contributed by atoms with van der Waals surface area (Å²) in [6.45, 7) is 5.77. The molecule has 1 amide bonds. The molecule has 1 N–H and O–H groups in total. The Hall–Kier alpha value is -1.77. The standard InChI is InChI=1S/C20H22Cl2F3NO4/c1-5-26(16(27)15-13(10-14(21)22)18(15,2)3)12-8-6-11(7-9-12)19(29,17(28)30-4)20(23,24)25/h6-10,13,15,29H,5H2,1-4H3/t13-,15-,19-/m0/s1. The summed E-state index contributed by atoms with van der Waals surface area (Å²) in [4.78, 5) is 26.1. The summed E-state index contributed by atoms with van der Waals surface area (Å²) in [6, 6.07) is 4.37. The van der Waals surface area contributed by atoms with Gasteiger partial charge in [-0.3, -0.25) is 4.79 Å². The number of carbonyl (C=O) groups excluding carboxylic acids is 2. The number of halogens is 5. The van der Waals surface area contributed by atoms with E-state index in [4.69, 9.17) is 23.2 Å². The van der Waals surface area contributed by atoms with Crippen molar-refractivity contribution in [2.24, 2.45) is 17.3 Å². The van der Waals surface area contributed by atoms with Crippen LogP contribution in [0.1, 0.15) is 26.3 Å². The van der Waals surface area contributed by atoms with Crippen molar-refractivity contribution in [1.82, 2.24) is 0 Å². The van der Waals surface area contributed by atoms with Crippen molar-refractivity contribution in [3.63, 3.8) is 0 Å². The average molecular weight is 468 g/mol. The summed E-state index contributed by atoms with van der Waals surface area (Å²) in [5.41, 5.74) is -4.58. The van der Waals surface area contributed by atoms with Crippen molar-refractivity contribution in [2.75, 3.05) is 18.6 Å². The molecule has 5 nitrogen and oxygen atoms in total. The van der Waals surface area contributed by atoms with Gasteiger partial charge in [0.15, 0.2) is 0 Å². The first kappa shape index (κ1) is 24.5. The number of ether oxygens (including phenoxy) is 1. The van der Waals surface area contributed by atoms with Gasteiger partial charge in [-0.2, -0.15) is 13.2 Å². The van der Waals surface area contributed by atoms with Crippen molar-refractivity contribution in [1.29, 1.82) is 0 Å². The highest BCUT2D eigenvalue weighted by molar-refractivity contribution is 6.55. The predicted octanol–water partition coefficient (Wildman–Crippen LogP) is 4.55. The molecule has 1 aromatic rings. The fourth-order valence-corrected chi connectivity index (χ4v) is 3.93. The molecule has 1 aromatic carbocycles. The maximum absolute atomic E-state index is 13.4. The van der Waals surface area contributed by atoms with Gasteiger partial charge >= 0.3 is 12.1 Å². The largest absolute Gasteiger partial charge is 0.466 e. The highest BCUT2D eigenvalue weighted by atomic mass is 35.5. The zero-order valence-electron chi connectivity index (χ0n) is 16.8. The lowest BCUT2D eigenvalue weighted by atomic mass is 9.93. The molecule has 1 saturated carbocycles. The number of benzene rings is 1. The van der Waals surface area contributed by atoms with E-state index in [1.807, 2.05) is 13.8 Å². The maximum atomic E-state index is 13.4. The van der Waals surface area contributed by atoms with E-state index in [1.54, 1.807) is 13.0 Å². The smallest absolute Gasteiger partial charge is 0.432 e. The number of methoxy groups -OCH3 is 1. The summed E-state index contributed by atoms with van der Waals surface area (Å²) >= 11 is 11.4. The summed E-state index contributed by atoms with van der Waals surface area (Å²) in [5, 5.41) is 10.1. The Balaban J connectivity index is 2.35. The van der Waals surface area contributed by atoms with Crippen molar-refractivity contribution >= 4 is 40.8 Å². The first-order valence-electron chi connectivity index (χ1n) is 9.05. The second-order valence-electron chi connectivity index (χ2n) is 7.61. The monoisotopic (exact) mass is 467 g/mol. The van der Waals surface area contributed by atoms with E-state index >= 15 is 0 Å². The minimum absolute atomic E-state index is 0.0602. The minimum Gasteiger partial charge on any atom is -0.466 e. The van der Waals surface area contributed by atoms with Gasteiger partial charge < -0.3 is 14.7 Å². The van der Waals surface area contributed by atoms with Gasteiger partial charge in [0.2, 0.25) is 5.91 Å². The lowest BCUT2D eigenvalue weighted by Gasteiger charge is -2.29. The van der Waals surface area contributed by atoms with Crippen LogP contribution in [0.2, 0.25) is 0 Å². The molecule has 0 saturated heterocycles. The molecule has 2 rings (SSSR count). The van der Waals surface area contributed by atoms with E-state index in [0.717, 1.165) is 19.2 Å². The highest BCUT2D eigenvalue weighted by Crippen LogP contribution is 2.60. The van der Waals surface area contributed by atoms with Crippen LogP contribution in [0, 0.1) is 17.3 Å². The fraction of sp³-hybridized carbons (Fsp3) is 0.500. The van der Waals surface area contributed by atoms with E-state index < -0.39 is 29.2 Å². The molecule has 0 aliphatic heterocycles. The normalized spacial score (nSPS) is 21.9. The molecule has 30 heavy (non-hydrogen) atoms. The molecular weight excluding hydrogens is 446 g/mol. The topological polar surface area (TPSA) is 66.8 Å². The van der Waals surface area contributed by atoms with Gasteiger partial charge in [0.1, 0.15) is 4.49 Å². The van der Waals surface area contributed by atoms with Crippen LogP contribution < -0.4 is 4.90 Å². The van der Waals surface area contributed by atoms with Gasteiger partial charge in [-0.1, -0.05) is 49.2 Å². The number of rotatable bonds is 6. The van der Waals surface area contributed by atoms with Crippen LogP contribution in [0.15, 0.2) is 34.8 Å². The molecule has 1 fully saturated rings. The van der Waals surface area contributed by atoms with Gasteiger partial charge in [0, 0.05) is 17.8 Å². The first-order chi connectivity index (χ1) is 13.7. The lowest BCUT2D eigenvalue weighted by molar-refractivity contribution is -0.266. The first-order valence-corrected chi connectivity index (χ1v) is 9.81. The van der Waals surface area contributed by atoms with E-state index in [1.165, 1.54) is 17.0 Å². The SMILES string of the molecule is CCN(C(=O)[C@@H]1[C@H](C=C(Cl)Cl)C1(C)C)c1ccc([C@](O)(C(=O)OC)C(F)(F)F)cc1. The highest BCUT2D eigenvalue weighted by Gasteiger charge is 2.63. The lowest BCUT2D eigenvalue weighted by Crippen LogP contribution is -2.49. The van der Waals surface area contributed by atoms with E-state index in [2.05, 4.69) is 4.74 Å². The second-order valence-corrected chi connectivity index (χ2v) is 8.62. The molecular formula is C20H22Cl2F3NO4. The summed E-state index contributed by atoms with van der Waals surface area (Å²) < 4.78 is 44.4. The summed E-state index contributed by atoms with van der Waals surface area (Å²) in [6.07, 6.45) is -3.69. The molecule has 0 bridgehead atoms. The Bertz CT molecular complexity index is 851. The number of amides is 1.